The molecule has 0 fully saturated rings. The second-order valence-corrected chi connectivity index (χ2v) is 4.42. The van der Waals surface area contributed by atoms with Gasteiger partial charge in [0, 0.05) is 12.6 Å². The molecule has 0 bridgehead atoms. The maximum Gasteiger partial charge on any atom is 0.166 e. The Morgan fingerprint density at radius 2 is 2.06 bits per heavy atom. The van der Waals surface area contributed by atoms with Crippen molar-refractivity contribution in [3.8, 4) is 17.5 Å². The molecule has 0 saturated carbocycles. The third-order valence-corrected chi connectivity index (χ3v) is 3.04. The van der Waals surface area contributed by atoms with E-state index in [1.807, 2.05) is 26.0 Å². The van der Waals surface area contributed by atoms with Crippen LogP contribution in [0.25, 0.3) is 11.4 Å². The van der Waals surface area contributed by atoms with E-state index in [9.17, 15) is 0 Å². The summed E-state index contributed by atoms with van der Waals surface area (Å²) in [6.45, 7) is 4.07. The molecule has 1 heterocycles. The van der Waals surface area contributed by atoms with Crippen molar-refractivity contribution in [1.29, 1.82) is 5.26 Å². The molecule has 0 aliphatic rings. The van der Waals surface area contributed by atoms with E-state index in [1.165, 1.54) is 5.56 Å². The molecule has 0 aliphatic heterocycles. The molecule has 0 atom stereocenters. The van der Waals surface area contributed by atoms with E-state index in [0.29, 0.717) is 5.69 Å². The second kappa shape index (κ2) is 4.23. The van der Waals surface area contributed by atoms with Gasteiger partial charge < -0.3 is 4.57 Å². The topological polar surface area (TPSA) is 41.6 Å². The minimum absolute atomic E-state index is 0.255. The van der Waals surface area contributed by atoms with Crippen LogP contribution >= 0.6 is 11.6 Å². The molecule has 0 spiro atoms. The number of rotatable bonds is 1. The van der Waals surface area contributed by atoms with Gasteiger partial charge in [-0.25, -0.2) is 4.98 Å². The van der Waals surface area contributed by atoms with E-state index in [1.54, 1.807) is 11.6 Å². The van der Waals surface area contributed by atoms with Crippen LogP contribution in [0.1, 0.15) is 16.8 Å². The summed E-state index contributed by atoms with van der Waals surface area (Å²) in [6.07, 6.45) is 0. The summed E-state index contributed by atoms with van der Waals surface area (Å²) in [5.74, 6) is 0.726. The molecule has 0 saturated heterocycles. The number of aromatic nitrogens is 2. The highest BCUT2D eigenvalue weighted by atomic mass is 35.5. The maximum atomic E-state index is 8.98. The summed E-state index contributed by atoms with van der Waals surface area (Å²) in [5.41, 5.74) is 3.72. The molecular formula is C13H12ClN3. The van der Waals surface area contributed by atoms with E-state index in [0.717, 1.165) is 17.0 Å². The van der Waals surface area contributed by atoms with Crippen molar-refractivity contribution in [3.63, 3.8) is 0 Å². The number of nitriles is 1. The Hall–Kier alpha value is -1.79. The van der Waals surface area contributed by atoms with E-state index in [4.69, 9.17) is 16.9 Å². The lowest BCUT2D eigenvalue weighted by Gasteiger charge is -2.06. The van der Waals surface area contributed by atoms with Crippen LogP contribution in [0.2, 0.25) is 5.15 Å². The number of imidazole rings is 1. The third kappa shape index (κ3) is 1.92. The summed E-state index contributed by atoms with van der Waals surface area (Å²) in [4.78, 5) is 4.25. The first-order valence-electron chi connectivity index (χ1n) is 5.24. The zero-order valence-corrected chi connectivity index (χ0v) is 10.7. The van der Waals surface area contributed by atoms with Gasteiger partial charge in [0.15, 0.2) is 10.8 Å². The molecule has 2 rings (SSSR count). The van der Waals surface area contributed by atoms with Crippen molar-refractivity contribution in [3.05, 3.63) is 40.2 Å². The van der Waals surface area contributed by atoms with Crippen LogP contribution in [-0.2, 0) is 7.05 Å². The maximum absolute atomic E-state index is 8.98. The SMILES string of the molecule is Cc1ccc(-c2nc(Cl)c(C#N)n2C)c(C)c1. The van der Waals surface area contributed by atoms with Crippen LogP contribution in [0.4, 0.5) is 0 Å². The van der Waals surface area contributed by atoms with Crippen LogP contribution in [0.5, 0.6) is 0 Å². The van der Waals surface area contributed by atoms with E-state index >= 15 is 0 Å². The smallest absolute Gasteiger partial charge is 0.166 e. The molecule has 1 aromatic heterocycles. The quantitative estimate of drug-likeness (QED) is 0.774. The van der Waals surface area contributed by atoms with Crippen molar-refractivity contribution in [2.24, 2.45) is 7.05 Å². The standard InChI is InChI=1S/C13H12ClN3/c1-8-4-5-10(9(2)6-8)13-16-12(14)11(7-15)17(13)3/h4-6H,1-3H3. The van der Waals surface area contributed by atoms with Gasteiger partial charge in [-0.15, -0.1) is 0 Å². The van der Waals surface area contributed by atoms with Gasteiger partial charge >= 0.3 is 0 Å². The zero-order chi connectivity index (χ0) is 12.6. The lowest BCUT2D eigenvalue weighted by atomic mass is 10.1. The Morgan fingerprint density at radius 3 is 2.59 bits per heavy atom. The Kier molecular flexibility index (Phi) is 2.91. The normalized spacial score (nSPS) is 10.3. The number of nitrogens with zero attached hydrogens (tertiary/aromatic N) is 3. The first-order valence-corrected chi connectivity index (χ1v) is 5.62. The second-order valence-electron chi connectivity index (χ2n) is 4.06. The molecule has 17 heavy (non-hydrogen) atoms. The molecule has 1 aromatic carbocycles. The molecule has 0 unspecified atom stereocenters. The fourth-order valence-electron chi connectivity index (χ4n) is 1.89. The fourth-order valence-corrected chi connectivity index (χ4v) is 2.14. The van der Waals surface area contributed by atoms with Gasteiger partial charge in [-0.1, -0.05) is 35.4 Å². The van der Waals surface area contributed by atoms with Crippen LogP contribution in [0.15, 0.2) is 18.2 Å². The van der Waals surface area contributed by atoms with E-state index in [2.05, 4.69) is 17.1 Å². The first kappa shape index (κ1) is 11.7. The molecule has 2 aromatic rings. The third-order valence-electron chi connectivity index (χ3n) is 2.78. The summed E-state index contributed by atoms with van der Waals surface area (Å²) < 4.78 is 1.72. The predicted octanol–water partition coefficient (Wildman–Crippen LogP) is 3.23. The lowest BCUT2D eigenvalue weighted by molar-refractivity contribution is 0.906. The highest BCUT2D eigenvalue weighted by molar-refractivity contribution is 6.30. The van der Waals surface area contributed by atoms with Crippen LogP contribution < -0.4 is 0 Å². The van der Waals surface area contributed by atoms with Gasteiger partial charge in [-0.05, 0) is 19.4 Å². The van der Waals surface area contributed by atoms with Crippen LogP contribution in [0, 0.1) is 25.2 Å². The average molecular weight is 246 g/mol. The molecule has 0 radical (unpaired) electrons. The van der Waals surface area contributed by atoms with E-state index in [-0.39, 0.29) is 5.15 Å². The molecule has 0 N–H and O–H groups in total. The van der Waals surface area contributed by atoms with Crippen molar-refractivity contribution >= 4 is 11.6 Å². The van der Waals surface area contributed by atoms with Crippen molar-refractivity contribution < 1.29 is 0 Å². The molecule has 86 valence electrons. The number of hydrogen-bond acceptors (Lipinski definition) is 2. The summed E-state index contributed by atoms with van der Waals surface area (Å²) in [7, 11) is 1.80. The molecule has 4 heteroatoms. The molecule has 0 aliphatic carbocycles. The summed E-state index contributed by atoms with van der Waals surface area (Å²) in [6, 6.07) is 8.17. The van der Waals surface area contributed by atoms with Crippen molar-refractivity contribution in [2.45, 2.75) is 13.8 Å². The van der Waals surface area contributed by atoms with Gasteiger partial charge in [0.25, 0.3) is 0 Å². The number of benzene rings is 1. The van der Waals surface area contributed by atoms with Gasteiger partial charge in [-0.2, -0.15) is 5.26 Å². The Balaban J connectivity index is 2.66. The number of halogens is 1. The summed E-state index contributed by atoms with van der Waals surface area (Å²) >= 11 is 5.93. The average Bonchev–Trinajstić information content (AvgIpc) is 2.54. The Bertz CT molecular complexity index is 620. The molecule has 3 nitrogen and oxygen atoms in total. The minimum Gasteiger partial charge on any atom is -0.318 e. The highest BCUT2D eigenvalue weighted by Crippen LogP contribution is 2.26. The lowest BCUT2D eigenvalue weighted by Crippen LogP contribution is -1.97. The van der Waals surface area contributed by atoms with Crippen LogP contribution in [0.3, 0.4) is 0 Å². The van der Waals surface area contributed by atoms with Gasteiger partial charge in [-0.3, -0.25) is 0 Å². The summed E-state index contributed by atoms with van der Waals surface area (Å²) in [5, 5.41) is 9.23. The molecule has 0 amide bonds. The van der Waals surface area contributed by atoms with Crippen molar-refractivity contribution in [2.75, 3.05) is 0 Å². The highest BCUT2D eigenvalue weighted by Gasteiger charge is 2.15. The van der Waals surface area contributed by atoms with Gasteiger partial charge in [0.2, 0.25) is 0 Å². The predicted molar refractivity (Wildman–Crippen MR) is 67.8 cm³/mol. The number of hydrogen-bond donors (Lipinski definition) is 0. The Morgan fingerprint density at radius 1 is 1.35 bits per heavy atom. The first-order chi connectivity index (χ1) is 8.04. The zero-order valence-electron chi connectivity index (χ0n) is 9.95. The van der Waals surface area contributed by atoms with E-state index < -0.39 is 0 Å². The van der Waals surface area contributed by atoms with Gasteiger partial charge in [0.05, 0.1) is 0 Å². The number of aryl methyl sites for hydroxylation is 2. The Labute approximate surface area is 105 Å². The van der Waals surface area contributed by atoms with Crippen molar-refractivity contribution in [1.82, 2.24) is 9.55 Å². The molecular weight excluding hydrogens is 234 g/mol. The van der Waals surface area contributed by atoms with Crippen LogP contribution in [-0.4, -0.2) is 9.55 Å². The minimum atomic E-state index is 0.255. The largest absolute Gasteiger partial charge is 0.318 e. The fraction of sp³-hybridized carbons (Fsp3) is 0.231. The monoisotopic (exact) mass is 245 g/mol. The van der Waals surface area contributed by atoms with Gasteiger partial charge in [0.1, 0.15) is 11.9 Å².